The molecule has 2 aliphatic heterocycles. The maximum atomic E-state index is 14.3. The smallest absolute Gasteiger partial charge is 0.245 e. The zero-order valence-electron chi connectivity index (χ0n) is 28.4. The number of nitrogens with two attached hydrogens (primary N) is 1. The van der Waals surface area contributed by atoms with Crippen molar-refractivity contribution in [1.82, 2.24) is 25.3 Å². The maximum Gasteiger partial charge on any atom is 0.245 e. The van der Waals surface area contributed by atoms with Crippen LogP contribution in [0.1, 0.15) is 79.7 Å². The van der Waals surface area contributed by atoms with Gasteiger partial charge in [-0.3, -0.25) is 24.1 Å². The lowest BCUT2D eigenvalue weighted by Gasteiger charge is -2.41. The zero-order valence-corrected chi connectivity index (χ0v) is 28.4. The molecule has 10 heteroatoms. The Morgan fingerprint density at radius 3 is 2.09 bits per heavy atom. The van der Waals surface area contributed by atoms with Gasteiger partial charge in [-0.25, -0.2) is 0 Å². The van der Waals surface area contributed by atoms with E-state index in [1.807, 2.05) is 65.0 Å². The van der Waals surface area contributed by atoms with Gasteiger partial charge in [0.05, 0.1) is 12.1 Å². The standard InChI is InChI=1S/C34H56N6O4/c1-22(2)26(21-39-19-13-18-25(39)31(43)40-20-14-17-24(40)29(35)41)38(9)32(44)28(33(3,4)5)37-30(42)27(36-8)34(6,7)23-15-11-10-12-16-23/h10-12,15-16,22,24-28,36H,13-14,17-21H2,1-9H3,(H2,35,41)(H,37,42)/t24-,25-,26?,27+,28?/m0/s1. The molecular weight excluding hydrogens is 556 g/mol. The first-order valence-electron chi connectivity index (χ1n) is 16.2. The van der Waals surface area contributed by atoms with Crippen LogP contribution in [-0.2, 0) is 24.6 Å². The molecule has 2 fully saturated rings. The average Bonchev–Trinajstić information content (AvgIpc) is 3.64. The van der Waals surface area contributed by atoms with Gasteiger partial charge in [-0.15, -0.1) is 0 Å². The van der Waals surface area contributed by atoms with Crippen molar-refractivity contribution in [1.29, 1.82) is 0 Å². The lowest BCUT2D eigenvalue weighted by Crippen LogP contribution is -2.62. The number of rotatable bonds is 12. The summed E-state index contributed by atoms with van der Waals surface area (Å²) in [6, 6.07) is 7.50. The minimum Gasteiger partial charge on any atom is -0.368 e. The molecule has 246 valence electrons. The fourth-order valence-corrected chi connectivity index (χ4v) is 6.96. The molecule has 2 saturated heterocycles. The van der Waals surface area contributed by atoms with Gasteiger partial charge >= 0.3 is 0 Å². The molecule has 2 unspecified atom stereocenters. The van der Waals surface area contributed by atoms with Gasteiger partial charge in [0.25, 0.3) is 0 Å². The van der Waals surface area contributed by atoms with Gasteiger partial charge < -0.3 is 26.2 Å². The van der Waals surface area contributed by atoms with Gasteiger partial charge in [0.2, 0.25) is 23.6 Å². The van der Waals surface area contributed by atoms with Crippen LogP contribution in [0.15, 0.2) is 30.3 Å². The highest BCUT2D eigenvalue weighted by Crippen LogP contribution is 2.30. The molecule has 1 aromatic carbocycles. The van der Waals surface area contributed by atoms with E-state index in [-0.39, 0.29) is 35.7 Å². The van der Waals surface area contributed by atoms with Gasteiger partial charge in [-0.1, -0.05) is 78.8 Å². The summed E-state index contributed by atoms with van der Waals surface area (Å²) in [4.78, 5) is 59.3. The molecule has 44 heavy (non-hydrogen) atoms. The van der Waals surface area contributed by atoms with E-state index in [4.69, 9.17) is 5.73 Å². The molecule has 2 aliphatic rings. The van der Waals surface area contributed by atoms with E-state index in [0.717, 1.165) is 24.9 Å². The first kappa shape index (κ1) is 35.5. The number of hydrogen-bond acceptors (Lipinski definition) is 6. The monoisotopic (exact) mass is 612 g/mol. The van der Waals surface area contributed by atoms with Gasteiger partial charge in [-0.2, -0.15) is 0 Å². The lowest BCUT2D eigenvalue weighted by atomic mass is 9.76. The second-order valence-electron chi connectivity index (χ2n) is 14.6. The second-order valence-corrected chi connectivity index (χ2v) is 14.6. The summed E-state index contributed by atoms with van der Waals surface area (Å²) in [5, 5.41) is 6.32. The van der Waals surface area contributed by atoms with E-state index >= 15 is 0 Å². The Kier molecular flexibility index (Phi) is 11.6. The van der Waals surface area contributed by atoms with Crippen molar-refractivity contribution in [3.8, 4) is 0 Å². The number of nitrogens with one attached hydrogen (secondary N) is 2. The van der Waals surface area contributed by atoms with Crippen LogP contribution in [0, 0.1) is 11.3 Å². The predicted molar refractivity (Wildman–Crippen MR) is 174 cm³/mol. The van der Waals surface area contributed by atoms with Crippen molar-refractivity contribution in [2.24, 2.45) is 17.1 Å². The molecule has 2 heterocycles. The van der Waals surface area contributed by atoms with Crippen molar-refractivity contribution < 1.29 is 19.2 Å². The first-order chi connectivity index (χ1) is 20.5. The maximum absolute atomic E-state index is 14.3. The number of carbonyl (C=O) groups excluding carboxylic acids is 4. The number of likely N-dealkylation sites (tertiary alicyclic amines) is 2. The topological polar surface area (TPSA) is 128 Å². The van der Waals surface area contributed by atoms with E-state index in [9.17, 15) is 19.2 Å². The second kappa shape index (κ2) is 14.4. The Hall–Kier alpha value is -2.98. The Bertz CT molecular complexity index is 1160. The van der Waals surface area contributed by atoms with Crippen LogP contribution in [0.2, 0.25) is 0 Å². The molecule has 4 amide bonds. The molecule has 0 radical (unpaired) electrons. The third-order valence-electron chi connectivity index (χ3n) is 9.74. The van der Waals surface area contributed by atoms with Gasteiger partial charge in [0.15, 0.2) is 0 Å². The summed E-state index contributed by atoms with van der Waals surface area (Å²) in [7, 11) is 3.57. The van der Waals surface area contributed by atoms with Crippen LogP contribution in [0.25, 0.3) is 0 Å². The highest BCUT2D eigenvalue weighted by Gasteiger charge is 2.44. The Balaban J connectivity index is 1.79. The molecule has 1 aromatic rings. The van der Waals surface area contributed by atoms with Crippen LogP contribution in [0.4, 0.5) is 0 Å². The van der Waals surface area contributed by atoms with Gasteiger partial charge in [0, 0.05) is 31.6 Å². The molecule has 0 spiro atoms. The number of amides is 4. The fraction of sp³-hybridized carbons (Fsp3) is 0.706. The van der Waals surface area contributed by atoms with Crippen molar-refractivity contribution in [2.45, 2.75) is 110 Å². The Labute approximate surface area is 264 Å². The van der Waals surface area contributed by atoms with E-state index in [1.54, 1.807) is 23.9 Å². The summed E-state index contributed by atoms with van der Waals surface area (Å²) in [5.74, 6) is -0.784. The predicted octanol–water partition coefficient (Wildman–Crippen LogP) is 2.51. The molecular formula is C34H56N6O4. The normalized spacial score (nSPS) is 21.6. The summed E-state index contributed by atoms with van der Waals surface area (Å²) in [5.41, 5.74) is 5.55. The van der Waals surface area contributed by atoms with E-state index in [2.05, 4.69) is 29.4 Å². The van der Waals surface area contributed by atoms with Crippen LogP contribution in [0.5, 0.6) is 0 Å². The lowest BCUT2D eigenvalue weighted by molar-refractivity contribution is -0.143. The first-order valence-corrected chi connectivity index (χ1v) is 16.2. The van der Waals surface area contributed by atoms with E-state index in [0.29, 0.717) is 25.9 Å². The number of hydrogen-bond donors (Lipinski definition) is 3. The highest BCUT2D eigenvalue weighted by atomic mass is 16.2. The summed E-state index contributed by atoms with van der Waals surface area (Å²) >= 11 is 0. The minimum atomic E-state index is -0.763. The zero-order chi connectivity index (χ0) is 33.0. The van der Waals surface area contributed by atoms with Crippen molar-refractivity contribution in [3.63, 3.8) is 0 Å². The Morgan fingerprint density at radius 2 is 1.55 bits per heavy atom. The molecule has 0 saturated carbocycles. The van der Waals surface area contributed by atoms with Crippen molar-refractivity contribution in [2.75, 3.05) is 33.7 Å². The average molecular weight is 613 g/mol. The van der Waals surface area contributed by atoms with Crippen LogP contribution in [-0.4, -0.2) is 102 Å². The fourth-order valence-electron chi connectivity index (χ4n) is 6.96. The summed E-state index contributed by atoms with van der Waals surface area (Å²) in [6.45, 7) is 15.9. The van der Waals surface area contributed by atoms with Crippen molar-refractivity contribution >= 4 is 23.6 Å². The van der Waals surface area contributed by atoms with E-state index < -0.39 is 34.9 Å². The summed E-state index contributed by atoms with van der Waals surface area (Å²) in [6.07, 6.45) is 2.97. The molecule has 10 nitrogen and oxygen atoms in total. The van der Waals surface area contributed by atoms with E-state index in [1.165, 1.54) is 0 Å². The Morgan fingerprint density at radius 1 is 0.955 bits per heavy atom. The van der Waals surface area contributed by atoms with Crippen LogP contribution in [0.3, 0.4) is 0 Å². The van der Waals surface area contributed by atoms with Gasteiger partial charge in [-0.05, 0) is 56.2 Å². The third-order valence-corrected chi connectivity index (χ3v) is 9.74. The van der Waals surface area contributed by atoms with Gasteiger partial charge in [0.1, 0.15) is 12.1 Å². The minimum absolute atomic E-state index is 0.0424. The highest BCUT2D eigenvalue weighted by molar-refractivity contribution is 5.91. The molecule has 4 N–H and O–H groups in total. The molecule has 3 rings (SSSR count). The molecule has 5 atom stereocenters. The SMILES string of the molecule is CN[C@H](C(=O)NC(C(=O)N(C)C(CN1CCC[C@H]1C(=O)N1CCC[C@H]1C(N)=O)C(C)C)C(C)(C)C)C(C)(C)c1ccccc1. The van der Waals surface area contributed by atoms with Crippen molar-refractivity contribution in [3.05, 3.63) is 35.9 Å². The summed E-state index contributed by atoms with van der Waals surface area (Å²) < 4.78 is 0. The third kappa shape index (κ3) is 7.80. The number of benzene rings is 1. The number of primary amides is 1. The largest absolute Gasteiger partial charge is 0.368 e. The molecule has 0 bridgehead atoms. The quantitative estimate of drug-likeness (QED) is 0.333. The number of carbonyl (C=O) groups is 4. The van der Waals surface area contributed by atoms with Crippen LogP contribution >= 0.6 is 0 Å². The molecule has 0 aromatic heterocycles. The van der Waals surface area contributed by atoms with Crippen LogP contribution < -0.4 is 16.4 Å². The molecule has 0 aliphatic carbocycles. The number of likely N-dealkylation sites (N-methyl/N-ethyl adjacent to an activating group) is 2. The number of nitrogens with zero attached hydrogens (tertiary/aromatic N) is 3.